The molecule has 6 nitrogen and oxygen atoms in total. The number of rotatable bonds is 40. The summed E-state index contributed by atoms with van der Waals surface area (Å²) in [5.74, 6) is -1.07. The third-order valence-electron chi connectivity index (χ3n) is 9.16. The lowest BCUT2D eigenvalue weighted by Gasteiger charge is -2.18. The van der Waals surface area contributed by atoms with Gasteiger partial charge in [0.15, 0.2) is 6.10 Å². The second-order valence-corrected chi connectivity index (χ2v) is 15.0. The molecule has 0 N–H and O–H groups in total. The van der Waals surface area contributed by atoms with Crippen LogP contribution < -0.4 is 0 Å². The van der Waals surface area contributed by atoms with E-state index in [2.05, 4.69) is 130 Å². The lowest BCUT2D eigenvalue weighted by molar-refractivity contribution is -0.167. The van der Waals surface area contributed by atoms with Crippen LogP contribution in [0.5, 0.6) is 0 Å². The molecule has 0 aromatic heterocycles. The van der Waals surface area contributed by atoms with E-state index < -0.39 is 6.10 Å². The van der Waals surface area contributed by atoms with E-state index in [1.807, 2.05) is 36.5 Å². The standard InChI is InChI=1S/C56H84O6/c1-4-7-10-13-16-19-22-25-27-28-29-32-34-37-40-43-46-49-55(58)61-52-53(51-60-54(57)48-45-42-39-36-33-30-24-21-18-15-12-9-6-3)62-56(59)50-47-44-41-38-35-31-26-23-20-17-14-11-8-5-2/h7-12,15-21,24-27,29-33,37,40,53H,4-6,13-14,22-23,28,34-36,38-39,41-52H2,1-3H3/b10-7-,11-8-,12-9-,18-15-,19-16-,20-17-,24-21-,27-25-,31-26-,32-29-,33-30-,40-37-. The van der Waals surface area contributed by atoms with Crippen molar-refractivity contribution in [2.45, 2.75) is 175 Å². The Labute approximate surface area is 378 Å². The summed E-state index contributed by atoms with van der Waals surface area (Å²) in [5, 5.41) is 0. The van der Waals surface area contributed by atoms with Crippen molar-refractivity contribution in [1.82, 2.24) is 0 Å². The molecule has 0 saturated carbocycles. The van der Waals surface area contributed by atoms with Crippen LogP contribution in [0, 0.1) is 0 Å². The van der Waals surface area contributed by atoms with Crippen molar-refractivity contribution >= 4 is 17.9 Å². The third-order valence-corrected chi connectivity index (χ3v) is 9.16. The summed E-state index contributed by atoms with van der Waals surface area (Å²) in [5.41, 5.74) is 0. The smallest absolute Gasteiger partial charge is 0.306 e. The molecule has 6 heteroatoms. The van der Waals surface area contributed by atoms with Crippen molar-refractivity contribution < 1.29 is 28.6 Å². The van der Waals surface area contributed by atoms with Crippen LogP contribution in [0.2, 0.25) is 0 Å². The number of carbonyl (C=O) groups excluding carboxylic acids is 3. The zero-order chi connectivity index (χ0) is 45.1. The van der Waals surface area contributed by atoms with E-state index >= 15 is 0 Å². The minimum Gasteiger partial charge on any atom is -0.462 e. The number of hydrogen-bond acceptors (Lipinski definition) is 6. The van der Waals surface area contributed by atoms with Gasteiger partial charge in [-0.05, 0) is 109 Å². The SMILES string of the molecule is CC\C=C/C=C\C=C/C=C\CCCCCC(=O)OCC(COC(=O)CCC/C=C\C/C=C\C/C=C\C/C=C\C/C=C\CC)OC(=O)CCCCCC/C=C\C/C=C\C/C=C\CC. The molecule has 0 aromatic rings. The predicted molar refractivity (Wildman–Crippen MR) is 265 cm³/mol. The summed E-state index contributed by atoms with van der Waals surface area (Å²) >= 11 is 0. The van der Waals surface area contributed by atoms with Gasteiger partial charge in [-0.15, -0.1) is 0 Å². The second kappa shape index (κ2) is 49.0. The maximum absolute atomic E-state index is 12.8. The van der Waals surface area contributed by atoms with Crippen LogP contribution in [-0.2, 0) is 28.6 Å². The van der Waals surface area contributed by atoms with Gasteiger partial charge in [0.05, 0.1) is 0 Å². The number of ether oxygens (including phenoxy) is 3. The van der Waals surface area contributed by atoms with Crippen LogP contribution in [0.4, 0.5) is 0 Å². The number of carbonyl (C=O) groups is 3. The average molecular weight is 853 g/mol. The Morgan fingerprint density at radius 1 is 0.339 bits per heavy atom. The van der Waals surface area contributed by atoms with Crippen LogP contribution in [0.15, 0.2) is 146 Å². The Bertz CT molecular complexity index is 1440. The number of allylic oxidation sites excluding steroid dienone is 24. The highest BCUT2D eigenvalue weighted by Crippen LogP contribution is 2.11. The average Bonchev–Trinajstić information content (AvgIpc) is 3.27. The molecule has 0 rings (SSSR count). The van der Waals surface area contributed by atoms with Crippen LogP contribution in [0.3, 0.4) is 0 Å². The molecule has 62 heavy (non-hydrogen) atoms. The van der Waals surface area contributed by atoms with Gasteiger partial charge < -0.3 is 14.2 Å². The zero-order valence-electron chi connectivity index (χ0n) is 39.1. The fourth-order valence-electron chi connectivity index (χ4n) is 5.68. The molecule has 0 heterocycles. The summed E-state index contributed by atoms with van der Waals surface area (Å²) in [6.45, 7) is 6.12. The Kier molecular flexibility index (Phi) is 45.2. The summed E-state index contributed by atoms with van der Waals surface area (Å²) in [4.78, 5) is 37.9. The number of unbranched alkanes of at least 4 members (excludes halogenated alkanes) is 8. The summed E-state index contributed by atoms with van der Waals surface area (Å²) in [7, 11) is 0. The van der Waals surface area contributed by atoms with Crippen LogP contribution in [0.25, 0.3) is 0 Å². The van der Waals surface area contributed by atoms with E-state index in [1.54, 1.807) is 0 Å². The highest BCUT2D eigenvalue weighted by Gasteiger charge is 2.19. The van der Waals surface area contributed by atoms with Gasteiger partial charge in [0, 0.05) is 19.3 Å². The molecular weight excluding hydrogens is 769 g/mol. The van der Waals surface area contributed by atoms with Crippen LogP contribution >= 0.6 is 0 Å². The van der Waals surface area contributed by atoms with Gasteiger partial charge in [0.25, 0.3) is 0 Å². The zero-order valence-corrected chi connectivity index (χ0v) is 39.1. The summed E-state index contributed by atoms with van der Waals surface area (Å²) < 4.78 is 16.6. The third kappa shape index (κ3) is 46.4. The lowest BCUT2D eigenvalue weighted by Crippen LogP contribution is -2.30. The Morgan fingerprint density at radius 2 is 0.677 bits per heavy atom. The monoisotopic (exact) mass is 853 g/mol. The van der Waals surface area contributed by atoms with Crippen LogP contribution in [0.1, 0.15) is 168 Å². The summed E-state index contributed by atoms with van der Waals surface area (Å²) in [6, 6.07) is 0. The quantitative estimate of drug-likeness (QED) is 0.0201. The van der Waals surface area contributed by atoms with Gasteiger partial charge in [-0.3, -0.25) is 14.4 Å². The molecule has 0 fully saturated rings. The number of esters is 3. The first-order valence-corrected chi connectivity index (χ1v) is 23.9. The molecule has 0 saturated heterocycles. The first-order valence-electron chi connectivity index (χ1n) is 23.9. The van der Waals surface area contributed by atoms with Crippen molar-refractivity contribution in [1.29, 1.82) is 0 Å². The molecule has 0 aliphatic rings. The molecule has 0 spiro atoms. The van der Waals surface area contributed by atoms with Crippen molar-refractivity contribution in [2.75, 3.05) is 13.2 Å². The van der Waals surface area contributed by atoms with E-state index in [-0.39, 0.29) is 44.0 Å². The van der Waals surface area contributed by atoms with Gasteiger partial charge in [-0.2, -0.15) is 0 Å². The molecule has 0 aliphatic carbocycles. The van der Waals surface area contributed by atoms with E-state index in [0.29, 0.717) is 12.8 Å². The fourth-order valence-corrected chi connectivity index (χ4v) is 5.68. The molecule has 0 amide bonds. The van der Waals surface area contributed by atoms with E-state index in [0.717, 1.165) is 122 Å². The van der Waals surface area contributed by atoms with Crippen LogP contribution in [-0.4, -0.2) is 37.2 Å². The van der Waals surface area contributed by atoms with Gasteiger partial charge in [0.1, 0.15) is 13.2 Å². The molecule has 344 valence electrons. The van der Waals surface area contributed by atoms with Gasteiger partial charge in [-0.25, -0.2) is 0 Å². The van der Waals surface area contributed by atoms with Crippen molar-refractivity contribution in [3.05, 3.63) is 146 Å². The molecule has 0 aliphatic heterocycles. The van der Waals surface area contributed by atoms with E-state index in [9.17, 15) is 14.4 Å². The first-order chi connectivity index (χ1) is 30.5. The molecule has 0 bridgehead atoms. The lowest BCUT2D eigenvalue weighted by atomic mass is 10.1. The van der Waals surface area contributed by atoms with Crippen molar-refractivity contribution in [3.63, 3.8) is 0 Å². The molecule has 0 radical (unpaired) electrons. The minimum absolute atomic E-state index is 0.132. The predicted octanol–water partition coefficient (Wildman–Crippen LogP) is 15.7. The fraction of sp³-hybridized carbons (Fsp3) is 0.518. The van der Waals surface area contributed by atoms with E-state index in [1.165, 1.54) is 0 Å². The normalized spacial score (nSPS) is 13.4. The molecular formula is C56H84O6. The van der Waals surface area contributed by atoms with E-state index in [4.69, 9.17) is 14.2 Å². The summed E-state index contributed by atoms with van der Waals surface area (Å²) in [6.07, 6.45) is 69.8. The van der Waals surface area contributed by atoms with Gasteiger partial charge in [-0.1, -0.05) is 186 Å². The molecule has 1 unspecified atom stereocenters. The Morgan fingerprint density at radius 3 is 1.16 bits per heavy atom. The van der Waals surface area contributed by atoms with Crippen molar-refractivity contribution in [2.24, 2.45) is 0 Å². The molecule has 1 atom stereocenters. The Balaban J connectivity index is 4.61. The Hall–Kier alpha value is -4.71. The second-order valence-electron chi connectivity index (χ2n) is 15.0. The minimum atomic E-state index is -0.834. The molecule has 0 aromatic carbocycles. The topological polar surface area (TPSA) is 78.9 Å². The van der Waals surface area contributed by atoms with Gasteiger partial charge in [0.2, 0.25) is 0 Å². The first kappa shape index (κ1) is 57.3. The highest BCUT2D eigenvalue weighted by atomic mass is 16.6. The largest absolute Gasteiger partial charge is 0.462 e. The van der Waals surface area contributed by atoms with Gasteiger partial charge >= 0.3 is 17.9 Å². The maximum atomic E-state index is 12.8. The number of hydrogen-bond donors (Lipinski definition) is 0. The van der Waals surface area contributed by atoms with Crippen molar-refractivity contribution in [3.8, 4) is 0 Å². The maximum Gasteiger partial charge on any atom is 0.306 e. The highest BCUT2D eigenvalue weighted by molar-refractivity contribution is 5.71.